The van der Waals surface area contributed by atoms with Gasteiger partial charge in [-0.3, -0.25) is 10.1 Å². The average Bonchev–Trinajstić information content (AvgIpc) is 2.89. The summed E-state index contributed by atoms with van der Waals surface area (Å²) >= 11 is 0. The zero-order valence-corrected chi connectivity index (χ0v) is 10.3. The minimum absolute atomic E-state index is 0.0498. The van der Waals surface area contributed by atoms with E-state index in [1.165, 1.54) is 0 Å². The second-order valence-corrected chi connectivity index (χ2v) is 4.00. The van der Waals surface area contributed by atoms with E-state index >= 15 is 0 Å². The van der Waals surface area contributed by atoms with Crippen LogP contribution in [0.15, 0.2) is 16.5 Å². The number of nitro benzene ring substituents is 1. The Morgan fingerprint density at radius 3 is 2.75 bits per heavy atom. The van der Waals surface area contributed by atoms with Gasteiger partial charge in [0.2, 0.25) is 11.7 Å². The third kappa shape index (κ3) is 2.48. The molecule has 106 valence electrons. The second kappa shape index (κ2) is 5.29. The number of benzene rings is 1. The van der Waals surface area contributed by atoms with Crippen molar-refractivity contribution in [3.8, 4) is 11.5 Å². The van der Waals surface area contributed by atoms with Gasteiger partial charge in [-0.2, -0.15) is 4.39 Å². The van der Waals surface area contributed by atoms with Crippen molar-refractivity contribution in [1.29, 1.82) is 0 Å². The van der Waals surface area contributed by atoms with Crippen molar-refractivity contribution < 1.29 is 18.1 Å². The topological polar surface area (TPSA) is 108 Å². The molecule has 0 amide bonds. The van der Waals surface area contributed by atoms with Gasteiger partial charge in [-0.1, -0.05) is 6.92 Å². The molecule has 2 aromatic rings. The van der Waals surface area contributed by atoms with Crippen LogP contribution in [0.25, 0.3) is 11.5 Å². The summed E-state index contributed by atoms with van der Waals surface area (Å²) in [7, 11) is 0. The van der Waals surface area contributed by atoms with Crippen molar-refractivity contribution in [1.82, 2.24) is 10.2 Å². The van der Waals surface area contributed by atoms with Gasteiger partial charge in [-0.25, -0.2) is 4.39 Å². The first-order valence-corrected chi connectivity index (χ1v) is 5.66. The van der Waals surface area contributed by atoms with Gasteiger partial charge in [0.15, 0.2) is 0 Å². The first kappa shape index (κ1) is 14.0. The SMILES string of the molecule is CCC(N)c1nnc(-c2cc(F)cc([N+](=O)[O-])c2F)o1. The zero-order chi connectivity index (χ0) is 14.9. The van der Waals surface area contributed by atoms with Gasteiger partial charge >= 0.3 is 5.69 Å². The fourth-order valence-electron chi connectivity index (χ4n) is 1.53. The summed E-state index contributed by atoms with van der Waals surface area (Å²) in [6, 6.07) is 0.688. The molecular weight excluding hydrogens is 274 g/mol. The van der Waals surface area contributed by atoms with Crippen LogP contribution in [0.1, 0.15) is 25.3 Å². The molecule has 0 aliphatic carbocycles. The lowest BCUT2D eigenvalue weighted by Crippen LogP contribution is -2.08. The Morgan fingerprint density at radius 1 is 1.45 bits per heavy atom. The molecule has 7 nitrogen and oxygen atoms in total. The Kier molecular flexibility index (Phi) is 3.70. The van der Waals surface area contributed by atoms with Gasteiger partial charge in [-0.15, -0.1) is 10.2 Å². The van der Waals surface area contributed by atoms with Crippen LogP contribution in [0.2, 0.25) is 0 Å². The van der Waals surface area contributed by atoms with Gasteiger partial charge in [-0.05, 0) is 12.5 Å². The first-order chi connectivity index (χ1) is 9.43. The highest BCUT2D eigenvalue weighted by Gasteiger charge is 2.25. The molecular formula is C11H10F2N4O3. The summed E-state index contributed by atoms with van der Waals surface area (Å²) in [5.41, 5.74) is 4.19. The van der Waals surface area contributed by atoms with Crippen LogP contribution in [0.3, 0.4) is 0 Å². The monoisotopic (exact) mass is 284 g/mol. The maximum atomic E-state index is 13.9. The lowest BCUT2D eigenvalue weighted by molar-refractivity contribution is -0.387. The molecule has 1 aromatic heterocycles. The number of halogens is 2. The molecule has 0 saturated carbocycles. The quantitative estimate of drug-likeness (QED) is 0.681. The summed E-state index contributed by atoms with van der Waals surface area (Å²) < 4.78 is 32.3. The van der Waals surface area contributed by atoms with E-state index in [2.05, 4.69) is 10.2 Å². The molecule has 1 heterocycles. The standard InChI is InChI=1S/C11H10F2N4O3/c1-2-7(14)11-16-15-10(20-11)6-3-5(12)4-8(9(6)13)17(18)19/h3-4,7H,2,14H2,1H3. The molecule has 0 saturated heterocycles. The second-order valence-electron chi connectivity index (χ2n) is 4.00. The van der Waals surface area contributed by atoms with E-state index in [0.29, 0.717) is 12.5 Å². The minimum atomic E-state index is -1.24. The molecule has 0 fully saturated rings. The molecule has 2 N–H and O–H groups in total. The maximum Gasteiger partial charge on any atom is 0.308 e. The van der Waals surface area contributed by atoms with Gasteiger partial charge < -0.3 is 10.2 Å². The Balaban J connectivity index is 2.52. The van der Waals surface area contributed by atoms with Gasteiger partial charge in [0.05, 0.1) is 22.6 Å². The molecule has 1 atom stereocenters. The third-order valence-electron chi connectivity index (χ3n) is 2.64. The van der Waals surface area contributed by atoms with Crippen LogP contribution >= 0.6 is 0 Å². The highest BCUT2D eigenvalue weighted by Crippen LogP contribution is 2.30. The molecule has 0 spiro atoms. The fraction of sp³-hybridized carbons (Fsp3) is 0.273. The number of hydrogen-bond acceptors (Lipinski definition) is 6. The van der Waals surface area contributed by atoms with Gasteiger partial charge in [0, 0.05) is 0 Å². The number of nitrogens with zero attached hydrogens (tertiary/aromatic N) is 3. The van der Waals surface area contributed by atoms with E-state index in [1.807, 2.05) is 0 Å². The first-order valence-electron chi connectivity index (χ1n) is 5.66. The van der Waals surface area contributed by atoms with Crippen molar-refractivity contribution in [3.05, 3.63) is 39.8 Å². The summed E-state index contributed by atoms with van der Waals surface area (Å²) in [5.74, 6) is -2.53. The molecule has 0 aliphatic heterocycles. The number of nitrogens with two attached hydrogens (primary N) is 1. The van der Waals surface area contributed by atoms with E-state index in [0.717, 1.165) is 6.07 Å². The third-order valence-corrected chi connectivity index (χ3v) is 2.64. The normalized spacial score (nSPS) is 12.4. The average molecular weight is 284 g/mol. The van der Waals surface area contributed by atoms with Crippen LogP contribution in [-0.4, -0.2) is 15.1 Å². The van der Waals surface area contributed by atoms with Gasteiger partial charge in [0.25, 0.3) is 5.89 Å². The van der Waals surface area contributed by atoms with Crippen LogP contribution < -0.4 is 5.73 Å². The van der Waals surface area contributed by atoms with Gasteiger partial charge in [0.1, 0.15) is 5.82 Å². The van der Waals surface area contributed by atoms with Crippen LogP contribution in [0.5, 0.6) is 0 Å². The van der Waals surface area contributed by atoms with Crippen LogP contribution in [0, 0.1) is 21.7 Å². The number of aromatic nitrogens is 2. The highest BCUT2D eigenvalue weighted by atomic mass is 19.1. The summed E-state index contributed by atoms with van der Waals surface area (Å²) in [6.07, 6.45) is 0.507. The predicted molar refractivity (Wildman–Crippen MR) is 63.5 cm³/mol. The Morgan fingerprint density at radius 2 is 2.15 bits per heavy atom. The zero-order valence-electron chi connectivity index (χ0n) is 10.3. The van der Waals surface area contributed by atoms with Crippen molar-refractivity contribution in [3.63, 3.8) is 0 Å². The molecule has 0 aliphatic rings. The minimum Gasteiger partial charge on any atom is -0.419 e. The highest BCUT2D eigenvalue weighted by molar-refractivity contribution is 5.59. The number of rotatable bonds is 4. The fourth-order valence-corrected chi connectivity index (χ4v) is 1.53. The Hall–Kier alpha value is -2.42. The molecule has 0 bridgehead atoms. The lowest BCUT2D eigenvalue weighted by Gasteiger charge is -2.02. The molecule has 9 heteroatoms. The van der Waals surface area contributed by atoms with E-state index in [1.54, 1.807) is 6.92 Å². The van der Waals surface area contributed by atoms with Crippen molar-refractivity contribution in [2.24, 2.45) is 5.73 Å². The number of nitro groups is 1. The Bertz CT molecular complexity index is 659. The van der Waals surface area contributed by atoms with E-state index in [4.69, 9.17) is 10.2 Å². The summed E-state index contributed by atoms with van der Waals surface area (Å²) in [5, 5.41) is 17.8. The summed E-state index contributed by atoms with van der Waals surface area (Å²) in [4.78, 5) is 9.60. The summed E-state index contributed by atoms with van der Waals surface area (Å²) in [6.45, 7) is 1.78. The molecule has 2 rings (SSSR count). The smallest absolute Gasteiger partial charge is 0.308 e. The predicted octanol–water partition coefficient (Wildman–Crippen LogP) is 2.33. The molecule has 20 heavy (non-hydrogen) atoms. The van der Waals surface area contributed by atoms with Crippen molar-refractivity contribution >= 4 is 5.69 Å². The van der Waals surface area contributed by atoms with E-state index in [9.17, 15) is 18.9 Å². The molecule has 0 radical (unpaired) electrons. The molecule has 1 aromatic carbocycles. The van der Waals surface area contributed by atoms with E-state index < -0.39 is 33.9 Å². The molecule has 1 unspecified atom stereocenters. The maximum absolute atomic E-state index is 13.9. The largest absolute Gasteiger partial charge is 0.419 e. The van der Waals surface area contributed by atoms with Crippen LogP contribution in [0.4, 0.5) is 14.5 Å². The lowest BCUT2D eigenvalue weighted by atomic mass is 10.2. The van der Waals surface area contributed by atoms with Crippen LogP contribution in [-0.2, 0) is 0 Å². The van der Waals surface area contributed by atoms with Crippen molar-refractivity contribution in [2.45, 2.75) is 19.4 Å². The van der Waals surface area contributed by atoms with Crippen molar-refractivity contribution in [2.75, 3.05) is 0 Å². The number of hydrogen-bond donors (Lipinski definition) is 1. The van der Waals surface area contributed by atoms with E-state index in [-0.39, 0.29) is 11.8 Å². The Labute approximate surface area is 111 Å².